The van der Waals surface area contributed by atoms with E-state index >= 15 is 0 Å². The Kier molecular flexibility index (Phi) is 8.32. The van der Waals surface area contributed by atoms with Crippen LogP contribution >= 0.6 is 0 Å². The molecule has 10 heteroatoms. The van der Waals surface area contributed by atoms with E-state index in [1.54, 1.807) is 0 Å². The van der Waals surface area contributed by atoms with E-state index in [2.05, 4.69) is 5.32 Å². The molecule has 1 aliphatic heterocycles. The molecule has 0 spiro atoms. The van der Waals surface area contributed by atoms with Crippen molar-refractivity contribution in [1.82, 2.24) is 10.2 Å². The van der Waals surface area contributed by atoms with E-state index in [9.17, 15) is 24.5 Å². The van der Waals surface area contributed by atoms with Gasteiger partial charge in [0.15, 0.2) is 0 Å². The highest BCUT2D eigenvalue weighted by atomic mass is 16.6. The second-order valence-corrected chi connectivity index (χ2v) is 8.87. The molecule has 0 radical (unpaired) electrons. The molecule has 4 rings (SSSR count). The zero-order valence-corrected chi connectivity index (χ0v) is 20.7. The van der Waals surface area contributed by atoms with Gasteiger partial charge >= 0.3 is 12.1 Å². The summed E-state index contributed by atoms with van der Waals surface area (Å²) in [4.78, 5) is 50.9. The average Bonchev–Trinajstić information content (AvgIpc) is 2.95. The lowest BCUT2D eigenvalue weighted by Gasteiger charge is -2.35. The highest BCUT2D eigenvalue weighted by Gasteiger charge is 2.37. The third-order valence-electron chi connectivity index (χ3n) is 6.38. The number of nitrogens with zero attached hydrogens (tertiary/aromatic N) is 2. The van der Waals surface area contributed by atoms with Crippen molar-refractivity contribution in [3.05, 3.63) is 111 Å². The van der Waals surface area contributed by atoms with Crippen LogP contribution in [0, 0.1) is 10.1 Å². The van der Waals surface area contributed by atoms with Gasteiger partial charge in [-0.1, -0.05) is 66.7 Å². The van der Waals surface area contributed by atoms with E-state index in [0.717, 1.165) is 16.7 Å². The number of non-ortho nitro benzene ring substituents is 1. The Labute approximate surface area is 219 Å². The summed E-state index contributed by atoms with van der Waals surface area (Å²) in [6.07, 6.45) is -0.347. The molecule has 0 aromatic heterocycles. The number of fused-ring (bicyclic) bond motifs is 1. The predicted molar refractivity (Wildman–Crippen MR) is 137 cm³/mol. The quantitative estimate of drug-likeness (QED) is 0.275. The molecular formula is C28H27N3O7. The van der Waals surface area contributed by atoms with Gasteiger partial charge in [-0.2, -0.15) is 0 Å². The zero-order chi connectivity index (χ0) is 27.1. The van der Waals surface area contributed by atoms with Gasteiger partial charge in [-0.3, -0.25) is 19.8 Å². The summed E-state index contributed by atoms with van der Waals surface area (Å²) in [6.45, 7) is 0.226. The SMILES string of the molecule is COC(=O)[C@H](Cc1ccc([N+](=O)[O-])cc1)NC(=O)[C@@H]1Cc2ccccc2CN1C(=O)OCc1ccccc1. The number of rotatable bonds is 8. The molecule has 196 valence electrons. The van der Waals surface area contributed by atoms with Gasteiger partial charge < -0.3 is 14.8 Å². The standard InChI is InChI=1S/C28H27N3O7/c1-37-27(33)24(15-19-11-13-23(14-12-19)31(35)36)29-26(32)25-16-21-9-5-6-10-22(21)17-30(25)28(34)38-18-20-7-3-2-4-8-20/h2-14,24-25H,15-18H2,1H3,(H,29,32)/t24-,25-/m0/s1. The molecule has 1 N–H and O–H groups in total. The van der Waals surface area contributed by atoms with Crippen molar-refractivity contribution in [1.29, 1.82) is 0 Å². The minimum atomic E-state index is -1.06. The number of hydrogen-bond acceptors (Lipinski definition) is 7. The van der Waals surface area contributed by atoms with Gasteiger partial charge in [0.25, 0.3) is 5.69 Å². The second kappa shape index (κ2) is 12.0. The Morgan fingerprint density at radius 2 is 1.63 bits per heavy atom. The lowest BCUT2D eigenvalue weighted by molar-refractivity contribution is -0.384. The van der Waals surface area contributed by atoms with Crippen LogP contribution in [0.3, 0.4) is 0 Å². The molecule has 0 unspecified atom stereocenters. The van der Waals surface area contributed by atoms with Crippen molar-refractivity contribution in [2.45, 2.75) is 38.1 Å². The number of nitro benzene ring substituents is 1. The van der Waals surface area contributed by atoms with Crippen molar-refractivity contribution >= 4 is 23.7 Å². The maximum absolute atomic E-state index is 13.5. The Morgan fingerprint density at radius 1 is 0.974 bits per heavy atom. The van der Waals surface area contributed by atoms with Gasteiger partial charge in [-0.25, -0.2) is 9.59 Å². The minimum absolute atomic E-state index is 0.0527. The molecule has 2 amide bonds. The third kappa shape index (κ3) is 6.33. The number of benzene rings is 3. The van der Waals surface area contributed by atoms with Crippen LogP contribution in [0.2, 0.25) is 0 Å². The van der Waals surface area contributed by atoms with Crippen LogP contribution in [0.5, 0.6) is 0 Å². The van der Waals surface area contributed by atoms with Crippen LogP contribution in [-0.2, 0) is 45.1 Å². The van der Waals surface area contributed by atoms with Crippen LogP contribution in [0.4, 0.5) is 10.5 Å². The number of carbonyl (C=O) groups excluding carboxylic acids is 3. The fourth-order valence-corrected chi connectivity index (χ4v) is 4.34. The number of methoxy groups -OCH3 is 1. The molecule has 0 saturated heterocycles. The summed E-state index contributed by atoms with van der Waals surface area (Å²) >= 11 is 0. The molecule has 0 fully saturated rings. The number of hydrogen-bond donors (Lipinski definition) is 1. The van der Waals surface area contributed by atoms with Gasteiger partial charge in [0.2, 0.25) is 5.91 Å². The molecular weight excluding hydrogens is 490 g/mol. The first-order valence-electron chi connectivity index (χ1n) is 12.0. The normalized spacial score (nSPS) is 15.1. The summed E-state index contributed by atoms with van der Waals surface area (Å²) in [5, 5.41) is 13.7. The first-order valence-corrected chi connectivity index (χ1v) is 12.0. The lowest BCUT2D eigenvalue weighted by Crippen LogP contribution is -2.56. The average molecular weight is 518 g/mol. The Hall–Kier alpha value is -4.73. The number of amides is 2. The highest BCUT2D eigenvalue weighted by molar-refractivity contribution is 5.90. The van der Waals surface area contributed by atoms with E-state index in [1.165, 1.54) is 36.3 Å². The third-order valence-corrected chi connectivity index (χ3v) is 6.38. The highest BCUT2D eigenvalue weighted by Crippen LogP contribution is 2.25. The van der Waals surface area contributed by atoms with E-state index in [0.29, 0.717) is 5.56 Å². The molecule has 3 aromatic rings. The van der Waals surface area contributed by atoms with Crippen molar-refractivity contribution in [2.24, 2.45) is 0 Å². The summed E-state index contributed by atoms with van der Waals surface area (Å²) in [5.74, 6) is -1.21. The van der Waals surface area contributed by atoms with Crippen molar-refractivity contribution in [2.75, 3.05) is 7.11 Å². The zero-order valence-electron chi connectivity index (χ0n) is 20.7. The lowest BCUT2D eigenvalue weighted by atomic mass is 9.93. The van der Waals surface area contributed by atoms with Crippen LogP contribution in [0.25, 0.3) is 0 Å². The van der Waals surface area contributed by atoms with Gasteiger partial charge in [0, 0.05) is 25.0 Å². The second-order valence-electron chi connectivity index (χ2n) is 8.87. The van der Waals surface area contributed by atoms with Crippen LogP contribution < -0.4 is 5.32 Å². The summed E-state index contributed by atoms with van der Waals surface area (Å²) in [7, 11) is 1.21. The topological polar surface area (TPSA) is 128 Å². The van der Waals surface area contributed by atoms with E-state index in [-0.39, 0.29) is 31.7 Å². The predicted octanol–water partition coefficient (Wildman–Crippen LogP) is 3.56. The van der Waals surface area contributed by atoms with Crippen LogP contribution in [0.1, 0.15) is 22.3 Å². The Balaban J connectivity index is 1.52. The van der Waals surface area contributed by atoms with Gasteiger partial charge in [-0.05, 0) is 22.3 Å². The fourth-order valence-electron chi connectivity index (χ4n) is 4.34. The molecule has 3 aromatic carbocycles. The molecule has 0 saturated carbocycles. The molecule has 10 nitrogen and oxygen atoms in total. The maximum atomic E-state index is 13.5. The number of ether oxygens (including phenoxy) is 2. The fraction of sp³-hybridized carbons (Fsp3) is 0.250. The van der Waals surface area contributed by atoms with E-state index < -0.39 is 35.0 Å². The summed E-state index contributed by atoms with van der Waals surface area (Å²) < 4.78 is 10.4. The molecule has 0 aliphatic carbocycles. The van der Waals surface area contributed by atoms with E-state index in [4.69, 9.17) is 9.47 Å². The number of carbonyl (C=O) groups is 3. The largest absolute Gasteiger partial charge is 0.467 e. The molecule has 2 atom stereocenters. The maximum Gasteiger partial charge on any atom is 0.411 e. The Morgan fingerprint density at radius 3 is 2.29 bits per heavy atom. The van der Waals surface area contributed by atoms with Gasteiger partial charge in [0.1, 0.15) is 18.7 Å². The number of nitro groups is 1. The van der Waals surface area contributed by atoms with Gasteiger partial charge in [-0.15, -0.1) is 0 Å². The monoisotopic (exact) mass is 517 g/mol. The van der Waals surface area contributed by atoms with E-state index in [1.807, 2.05) is 54.6 Å². The van der Waals surface area contributed by atoms with Crippen LogP contribution in [-0.4, -0.2) is 47.0 Å². The number of nitrogens with one attached hydrogen (secondary N) is 1. The summed E-state index contributed by atoms with van der Waals surface area (Å²) in [5.41, 5.74) is 3.15. The molecule has 1 aliphatic rings. The summed E-state index contributed by atoms with van der Waals surface area (Å²) in [6, 6.07) is 20.5. The van der Waals surface area contributed by atoms with Crippen molar-refractivity contribution in [3.8, 4) is 0 Å². The smallest absolute Gasteiger partial charge is 0.411 e. The van der Waals surface area contributed by atoms with Gasteiger partial charge in [0.05, 0.1) is 18.6 Å². The number of esters is 1. The van der Waals surface area contributed by atoms with Crippen LogP contribution in [0.15, 0.2) is 78.9 Å². The van der Waals surface area contributed by atoms with Crippen molar-refractivity contribution < 1.29 is 28.8 Å². The molecule has 38 heavy (non-hydrogen) atoms. The Bertz CT molecular complexity index is 1310. The molecule has 1 heterocycles. The molecule has 0 bridgehead atoms. The first-order chi connectivity index (χ1) is 18.4. The van der Waals surface area contributed by atoms with Crippen molar-refractivity contribution in [3.63, 3.8) is 0 Å². The first kappa shape index (κ1) is 26.3. The minimum Gasteiger partial charge on any atom is -0.467 e.